The van der Waals surface area contributed by atoms with E-state index >= 15 is 0 Å². The minimum absolute atomic E-state index is 0.0361. The van der Waals surface area contributed by atoms with E-state index in [-0.39, 0.29) is 34.9 Å². The third-order valence-corrected chi connectivity index (χ3v) is 5.49. The van der Waals surface area contributed by atoms with Crippen LogP contribution >= 0.6 is 15.9 Å². The van der Waals surface area contributed by atoms with Gasteiger partial charge in [-0.3, -0.25) is 9.59 Å². The van der Waals surface area contributed by atoms with Crippen molar-refractivity contribution in [3.05, 3.63) is 58.7 Å². The van der Waals surface area contributed by atoms with Gasteiger partial charge in [-0.2, -0.15) is 0 Å². The van der Waals surface area contributed by atoms with E-state index in [1.54, 1.807) is 18.0 Å². The Kier molecular flexibility index (Phi) is 6.49. The molecule has 1 aromatic carbocycles. The molecule has 0 spiro atoms. The van der Waals surface area contributed by atoms with Gasteiger partial charge in [0.1, 0.15) is 17.5 Å². The van der Waals surface area contributed by atoms with Crippen molar-refractivity contribution in [1.29, 1.82) is 0 Å². The molecule has 1 fully saturated rings. The Morgan fingerprint density at radius 2 is 1.86 bits per heavy atom. The van der Waals surface area contributed by atoms with Gasteiger partial charge in [0.05, 0.1) is 23.0 Å². The van der Waals surface area contributed by atoms with Gasteiger partial charge >= 0.3 is 0 Å². The van der Waals surface area contributed by atoms with Crippen molar-refractivity contribution in [2.24, 2.45) is 0 Å². The molecule has 0 saturated carbocycles. The molecule has 0 atom stereocenters. The van der Waals surface area contributed by atoms with Gasteiger partial charge in [-0.15, -0.1) is 0 Å². The van der Waals surface area contributed by atoms with Gasteiger partial charge < -0.3 is 4.90 Å². The summed E-state index contributed by atoms with van der Waals surface area (Å²) in [6.07, 6.45) is 2.51. The highest BCUT2D eigenvalue weighted by Gasteiger charge is 2.28. The van der Waals surface area contributed by atoms with Crippen LogP contribution in [0.4, 0.5) is 8.78 Å². The second kappa shape index (κ2) is 8.86. The van der Waals surface area contributed by atoms with E-state index in [1.165, 1.54) is 6.07 Å². The number of Topliss-reactive ketones (excluding diaryl/α,β-unsaturated/α-hetero) is 1. The summed E-state index contributed by atoms with van der Waals surface area (Å²) in [5, 5.41) is 0.192. The minimum atomic E-state index is -0.711. The summed E-state index contributed by atoms with van der Waals surface area (Å²) in [5.74, 6) is -1.18. The highest BCUT2D eigenvalue weighted by Crippen LogP contribution is 2.30. The van der Waals surface area contributed by atoms with E-state index in [9.17, 15) is 18.4 Å². The Labute approximate surface area is 170 Å². The SMILES string of the molecule is Cc1ncc(C(=O)CBr)c(C2CCN(C(=O)Cc3c(F)cccc3F)CC2)n1. The average Bonchev–Trinajstić information content (AvgIpc) is 2.70. The van der Waals surface area contributed by atoms with Crippen LogP contribution in [0.5, 0.6) is 0 Å². The highest BCUT2D eigenvalue weighted by molar-refractivity contribution is 9.09. The van der Waals surface area contributed by atoms with Gasteiger partial charge in [0.15, 0.2) is 5.78 Å². The first kappa shape index (κ1) is 20.5. The molecular weight excluding hydrogens is 432 g/mol. The quantitative estimate of drug-likeness (QED) is 0.514. The predicted molar refractivity (Wildman–Crippen MR) is 104 cm³/mol. The first-order valence-corrected chi connectivity index (χ1v) is 10.2. The Morgan fingerprint density at radius 3 is 2.46 bits per heavy atom. The lowest BCUT2D eigenvalue weighted by molar-refractivity contribution is -0.131. The van der Waals surface area contributed by atoms with Crippen LogP contribution in [0.3, 0.4) is 0 Å². The van der Waals surface area contributed by atoms with Crippen LogP contribution < -0.4 is 0 Å². The van der Waals surface area contributed by atoms with Crippen molar-refractivity contribution < 1.29 is 18.4 Å². The number of rotatable bonds is 5. The number of carbonyl (C=O) groups excluding carboxylic acids is 2. The summed E-state index contributed by atoms with van der Waals surface area (Å²) in [6, 6.07) is 3.58. The number of aromatic nitrogens is 2. The molecule has 1 aromatic heterocycles. The van der Waals surface area contributed by atoms with E-state index < -0.39 is 11.6 Å². The molecule has 0 N–H and O–H groups in total. The molecule has 0 unspecified atom stereocenters. The summed E-state index contributed by atoms with van der Waals surface area (Å²) >= 11 is 3.18. The molecule has 2 aromatic rings. The van der Waals surface area contributed by atoms with Gasteiger partial charge in [0, 0.05) is 30.8 Å². The molecule has 1 aliphatic rings. The van der Waals surface area contributed by atoms with Gasteiger partial charge in [0.2, 0.25) is 5.91 Å². The average molecular weight is 452 g/mol. The van der Waals surface area contributed by atoms with Crippen molar-refractivity contribution in [3.63, 3.8) is 0 Å². The van der Waals surface area contributed by atoms with E-state index in [1.807, 2.05) is 0 Å². The number of hydrogen-bond acceptors (Lipinski definition) is 4. The lowest BCUT2D eigenvalue weighted by atomic mass is 9.89. The molecular formula is C20H20BrF2N3O2. The number of benzene rings is 1. The Bertz CT molecular complexity index is 879. The highest BCUT2D eigenvalue weighted by atomic mass is 79.9. The van der Waals surface area contributed by atoms with Crippen molar-refractivity contribution >= 4 is 27.6 Å². The molecule has 0 aliphatic carbocycles. The Balaban J connectivity index is 1.69. The lowest BCUT2D eigenvalue weighted by Gasteiger charge is -2.32. The first-order chi connectivity index (χ1) is 13.4. The second-order valence-electron chi connectivity index (χ2n) is 6.80. The molecule has 1 saturated heterocycles. The first-order valence-electron chi connectivity index (χ1n) is 9.04. The van der Waals surface area contributed by atoms with Gasteiger partial charge in [0.25, 0.3) is 0 Å². The Hall–Kier alpha value is -2.22. The maximum Gasteiger partial charge on any atom is 0.227 e. The van der Waals surface area contributed by atoms with Crippen LogP contribution in [0.15, 0.2) is 24.4 Å². The standard InChI is InChI=1S/C20H20BrF2N3O2/c1-12-24-11-15(18(27)10-21)20(25-12)13-5-7-26(8-6-13)19(28)9-14-16(22)3-2-4-17(14)23/h2-4,11,13H,5-10H2,1H3. The topological polar surface area (TPSA) is 63.2 Å². The maximum atomic E-state index is 13.8. The van der Waals surface area contributed by atoms with Crippen molar-refractivity contribution in [2.75, 3.05) is 18.4 Å². The number of piperidine rings is 1. The number of carbonyl (C=O) groups is 2. The van der Waals surface area contributed by atoms with Crippen LogP contribution in [-0.2, 0) is 11.2 Å². The number of nitrogens with zero attached hydrogens (tertiary/aromatic N) is 3. The van der Waals surface area contributed by atoms with E-state index in [4.69, 9.17) is 0 Å². The normalized spacial score (nSPS) is 14.9. The number of alkyl halides is 1. The minimum Gasteiger partial charge on any atom is -0.342 e. The van der Waals surface area contributed by atoms with Crippen LogP contribution in [0.2, 0.25) is 0 Å². The smallest absolute Gasteiger partial charge is 0.227 e. The van der Waals surface area contributed by atoms with Crippen LogP contribution in [0.1, 0.15) is 46.2 Å². The fourth-order valence-electron chi connectivity index (χ4n) is 3.45. The molecule has 5 nitrogen and oxygen atoms in total. The third-order valence-electron chi connectivity index (χ3n) is 4.98. The summed E-state index contributed by atoms with van der Waals surface area (Å²) < 4.78 is 27.6. The van der Waals surface area contributed by atoms with E-state index in [0.717, 1.165) is 12.1 Å². The zero-order valence-electron chi connectivity index (χ0n) is 15.4. The maximum absolute atomic E-state index is 13.8. The number of likely N-dealkylation sites (tertiary alicyclic amines) is 1. The zero-order valence-corrected chi connectivity index (χ0v) is 17.0. The van der Waals surface area contributed by atoms with Gasteiger partial charge in [-0.05, 0) is 31.9 Å². The van der Waals surface area contributed by atoms with E-state index in [2.05, 4.69) is 25.9 Å². The summed E-state index contributed by atoms with van der Waals surface area (Å²) in [4.78, 5) is 34.9. The number of hydrogen-bond donors (Lipinski definition) is 0. The summed E-state index contributed by atoms with van der Waals surface area (Å²) in [5.41, 5.74) is 1.01. The van der Waals surface area contributed by atoms with Crippen LogP contribution in [-0.4, -0.2) is 45.0 Å². The monoisotopic (exact) mass is 451 g/mol. The predicted octanol–water partition coefficient (Wildman–Crippen LogP) is 3.59. The Morgan fingerprint density at radius 1 is 1.21 bits per heavy atom. The molecule has 28 heavy (non-hydrogen) atoms. The number of ketones is 1. The lowest BCUT2D eigenvalue weighted by Crippen LogP contribution is -2.39. The van der Waals surface area contributed by atoms with Gasteiger partial charge in [-0.25, -0.2) is 18.7 Å². The fourth-order valence-corrected chi connectivity index (χ4v) is 3.75. The molecule has 2 heterocycles. The second-order valence-corrected chi connectivity index (χ2v) is 7.37. The van der Waals surface area contributed by atoms with Crippen molar-refractivity contribution in [2.45, 2.75) is 32.1 Å². The summed E-state index contributed by atoms with van der Waals surface area (Å²) in [7, 11) is 0. The fraction of sp³-hybridized carbons (Fsp3) is 0.400. The van der Waals surface area contributed by atoms with Crippen molar-refractivity contribution in [1.82, 2.24) is 14.9 Å². The van der Waals surface area contributed by atoms with Crippen molar-refractivity contribution in [3.8, 4) is 0 Å². The third kappa shape index (κ3) is 4.43. The number of halogens is 3. The zero-order chi connectivity index (χ0) is 20.3. The van der Waals surface area contributed by atoms with E-state index in [0.29, 0.717) is 43.0 Å². The number of aryl methyl sites for hydroxylation is 1. The molecule has 1 aliphatic heterocycles. The number of amides is 1. The van der Waals surface area contributed by atoms with Crippen LogP contribution in [0.25, 0.3) is 0 Å². The molecule has 8 heteroatoms. The largest absolute Gasteiger partial charge is 0.342 e. The van der Waals surface area contributed by atoms with Crippen LogP contribution in [0, 0.1) is 18.6 Å². The molecule has 0 radical (unpaired) electrons. The molecule has 148 valence electrons. The summed E-state index contributed by atoms with van der Waals surface area (Å²) in [6.45, 7) is 2.67. The molecule has 1 amide bonds. The van der Waals surface area contributed by atoms with Gasteiger partial charge in [-0.1, -0.05) is 22.0 Å². The molecule has 3 rings (SSSR count). The molecule has 0 bridgehead atoms.